The van der Waals surface area contributed by atoms with Crippen molar-refractivity contribution in [3.8, 4) is 5.75 Å². The minimum Gasteiger partial charge on any atom is -0.496 e. The molecule has 1 atom stereocenters. The van der Waals surface area contributed by atoms with Crippen molar-refractivity contribution < 1.29 is 32.9 Å². The SMILES string of the molecule is COc1ccc(C(C)(C)C[C@@](O)(CO)C(F)(F)F)c2c1COC2. The summed E-state index contributed by atoms with van der Waals surface area (Å²) >= 11 is 0. The number of fused-ring (bicyclic) bond motifs is 1. The van der Waals surface area contributed by atoms with Crippen molar-refractivity contribution >= 4 is 0 Å². The van der Waals surface area contributed by atoms with Gasteiger partial charge in [-0.1, -0.05) is 19.9 Å². The molecule has 130 valence electrons. The third-order valence-electron chi connectivity index (χ3n) is 4.35. The molecule has 1 heterocycles. The summed E-state index contributed by atoms with van der Waals surface area (Å²) in [5.41, 5.74) is -1.91. The van der Waals surface area contributed by atoms with Crippen LogP contribution in [0.3, 0.4) is 0 Å². The van der Waals surface area contributed by atoms with E-state index in [1.807, 2.05) is 0 Å². The van der Waals surface area contributed by atoms with Crippen LogP contribution < -0.4 is 4.74 Å². The van der Waals surface area contributed by atoms with Crippen molar-refractivity contribution in [2.45, 2.75) is 50.7 Å². The Balaban J connectivity index is 2.43. The number of alkyl halides is 3. The topological polar surface area (TPSA) is 58.9 Å². The molecule has 7 heteroatoms. The van der Waals surface area contributed by atoms with Crippen LogP contribution in [0.2, 0.25) is 0 Å². The zero-order chi connectivity index (χ0) is 17.5. The quantitative estimate of drug-likeness (QED) is 0.869. The van der Waals surface area contributed by atoms with Gasteiger partial charge in [0.2, 0.25) is 0 Å². The van der Waals surface area contributed by atoms with Crippen LogP contribution in [-0.4, -0.2) is 35.7 Å². The molecule has 0 fully saturated rings. The van der Waals surface area contributed by atoms with Crippen molar-refractivity contribution in [3.63, 3.8) is 0 Å². The van der Waals surface area contributed by atoms with Crippen molar-refractivity contribution in [1.82, 2.24) is 0 Å². The highest BCUT2D eigenvalue weighted by Crippen LogP contribution is 2.44. The minimum atomic E-state index is -4.91. The minimum absolute atomic E-state index is 0.287. The van der Waals surface area contributed by atoms with Crippen molar-refractivity contribution in [1.29, 1.82) is 0 Å². The number of ether oxygens (including phenoxy) is 2. The maximum absolute atomic E-state index is 13.1. The Hall–Kier alpha value is -1.31. The number of rotatable bonds is 5. The molecule has 0 aliphatic carbocycles. The second-order valence-electron chi connectivity index (χ2n) is 6.51. The van der Waals surface area contributed by atoms with E-state index in [4.69, 9.17) is 14.6 Å². The molecule has 4 nitrogen and oxygen atoms in total. The summed E-state index contributed by atoms with van der Waals surface area (Å²) in [7, 11) is 1.52. The smallest absolute Gasteiger partial charge is 0.419 e. The van der Waals surface area contributed by atoms with Crippen molar-refractivity contribution in [2.75, 3.05) is 13.7 Å². The molecule has 1 aromatic rings. The lowest BCUT2D eigenvalue weighted by molar-refractivity contribution is -0.277. The first kappa shape index (κ1) is 18.0. The molecule has 2 N–H and O–H groups in total. The van der Waals surface area contributed by atoms with Gasteiger partial charge >= 0.3 is 6.18 Å². The fourth-order valence-electron chi connectivity index (χ4n) is 3.15. The number of aliphatic hydroxyl groups excluding tert-OH is 1. The Morgan fingerprint density at radius 1 is 1.17 bits per heavy atom. The van der Waals surface area contributed by atoms with Gasteiger partial charge in [-0.15, -0.1) is 0 Å². The zero-order valence-electron chi connectivity index (χ0n) is 13.3. The molecule has 1 aliphatic heterocycles. The molecule has 0 radical (unpaired) electrons. The predicted octanol–water partition coefficient (Wildman–Crippen LogP) is 2.68. The first-order chi connectivity index (χ1) is 10.6. The number of hydrogen-bond donors (Lipinski definition) is 2. The largest absolute Gasteiger partial charge is 0.496 e. The van der Waals surface area contributed by atoms with Crippen LogP contribution in [0.5, 0.6) is 5.75 Å². The number of benzene rings is 1. The maximum Gasteiger partial charge on any atom is 0.419 e. The van der Waals surface area contributed by atoms with E-state index in [2.05, 4.69) is 0 Å². The van der Waals surface area contributed by atoms with Crippen LogP contribution in [0.1, 0.15) is 37.0 Å². The maximum atomic E-state index is 13.1. The fourth-order valence-corrected chi connectivity index (χ4v) is 3.15. The molecule has 0 spiro atoms. The van der Waals surface area contributed by atoms with Gasteiger partial charge in [0.1, 0.15) is 5.75 Å². The summed E-state index contributed by atoms with van der Waals surface area (Å²) in [5, 5.41) is 19.0. The summed E-state index contributed by atoms with van der Waals surface area (Å²) < 4.78 is 49.9. The van der Waals surface area contributed by atoms with E-state index in [9.17, 15) is 18.3 Å². The van der Waals surface area contributed by atoms with Gasteiger partial charge in [-0.3, -0.25) is 0 Å². The van der Waals surface area contributed by atoms with Gasteiger partial charge in [-0.2, -0.15) is 13.2 Å². The van der Waals surface area contributed by atoms with Crippen molar-refractivity contribution in [3.05, 3.63) is 28.8 Å². The molecule has 2 rings (SSSR count). The fraction of sp³-hybridized carbons (Fsp3) is 0.625. The first-order valence-electron chi connectivity index (χ1n) is 7.22. The van der Waals surface area contributed by atoms with Gasteiger partial charge < -0.3 is 19.7 Å². The second-order valence-corrected chi connectivity index (χ2v) is 6.51. The van der Waals surface area contributed by atoms with E-state index in [1.165, 1.54) is 7.11 Å². The average molecular weight is 334 g/mol. The third-order valence-corrected chi connectivity index (χ3v) is 4.35. The summed E-state index contributed by atoms with van der Waals surface area (Å²) in [6.07, 6.45) is -5.57. The monoisotopic (exact) mass is 334 g/mol. The van der Waals surface area contributed by atoms with Crippen LogP contribution in [-0.2, 0) is 23.4 Å². The summed E-state index contributed by atoms with van der Waals surface area (Å²) in [5.74, 6) is 0.630. The van der Waals surface area contributed by atoms with E-state index in [-0.39, 0.29) is 6.61 Å². The molecule has 0 saturated carbocycles. The zero-order valence-corrected chi connectivity index (χ0v) is 13.3. The highest BCUT2D eigenvalue weighted by Gasteiger charge is 2.55. The van der Waals surface area contributed by atoms with Gasteiger partial charge in [0, 0.05) is 5.56 Å². The lowest BCUT2D eigenvalue weighted by atomic mass is 9.73. The van der Waals surface area contributed by atoms with Crippen LogP contribution in [0.15, 0.2) is 12.1 Å². The van der Waals surface area contributed by atoms with Gasteiger partial charge in [-0.05, 0) is 29.0 Å². The Morgan fingerprint density at radius 3 is 2.30 bits per heavy atom. The van der Waals surface area contributed by atoms with Crippen LogP contribution in [0.4, 0.5) is 13.2 Å². The normalized spacial score (nSPS) is 17.7. The van der Waals surface area contributed by atoms with E-state index >= 15 is 0 Å². The summed E-state index contributed by atoms with van der Waals surface area (Å²) in [6.45, 7) is 2.47. The molecule has 23 heavy (non-hydrogen) atoms. The summed E-state index contributed by atoms with van der Waals surface area (Å²) in [4.78, 5) is 0. The van der Waals surface area contributed by atoms with E-state index in [0.717, 1.165) is 11.1 Å². The Bertz CT molecular complexity index is 583. The van der Waals surface area contributed by atoms with Crippen LogP contribution in [0.25, 0.3) is 0 Å². The van der Waals surface area contributed by atoms with Crippen LogP contribution >= 0.6 is 0 Å². The molecule has 1 aliphatic rings. The molecule has 0 bridgehead atoms. The lowest BCUT2D eigenvalue weighted by Crippen LogP contribution is -2.52. The highest BCUT2D eigenvalue weighted by molar-refractivity contribution is 5.48. The van der Waals surface area contributed by atoms with Gasteiger partial charge in [0.25, 0.3) is 0 Å². The predicted molar refractivity (Wildman–Crippen MR) is 77.2 cm³/mol. The van der Waals surface area contributed by atoms with Gasteiger partial charge in [0.15, 0.2) is 5.60 Å². The van der Waals surface area contributed by atoms with E-state index in [1.54, 1.807) is 26.0 Å². The molecular weight excluding hydrogens is 313 g/mol. The molecule has 1 aromatic carbocycles. The Morgan fingerprint density at radius 2 is 1.78 bits per heavy atom. The standard InChI is InChI=1S/C16H21F3O4/c1-14(2,8-15(21,9-20)16(17,18)19)12-4-5-13(22-3)11-7-23-6-10(11)12/h4-5,20-21H,6-9H2,1-3H3/t15-/m1/s1. The lowest BCUT2D eigenvalue weighted by Gasteiger charge is -2.37. The number of aliphatic hydroxyl groups is 2. The highest BCUT2D eigenvalue weighted by atomic mass is 19.4. The van der Waals surface area contributed by atoms with E-state index in [0.29, 0.717) is 17.9 Å². The average Bonchev–Trinajstić information content (AvgIpc) is 2.93. The van der Waals surface area contributed by atoms with Crippen LogP contribution in [0, 0.1) is 0 Å². The summed E-state index contributed by atoms with van der Waals surface area (Å²) in [6, 6.07) is 3.39. The molecule has 0 amide bonds. The van der Waals surface area contributed by atoms with Crippen molar-refractivity contribution in [2.24, 2.45) is 0 Å². The number of methoxy groups -OCH3 is 1. The second kappa shape index (κ2) is 5.96. The molecule has 0 unspecified atom stereocenters. The number of halogens is 3. The Labute approximate surface area is 132 Å². The molecule has 0 aromatic heterocycles. The van der Waals surface area contributed by atoms with E-state index < -0.39 is 30.2 Å². The third kappa shape index (κ3) is 3.18. The van der Waals surface area contributed by atoms with Gasteiger partial charge in [-0.25, -0.2) is 0 Å². The number of hydrogen-bond acceptors (Lipinski definition) is 4. The first-order valence-corrected chi connectivity index (χ1v) is 7.22. The molecular formula is C16H21F3O4. The van der Waals surface area contributed by atoms with Gasteiger partial charge in [0.05, 0.1) is 26.9 Å². The Kier molecular flexibility index (Phi) is 4.67. The molecule has 0 saturated heterocycles.